The van der Waals surface area contributed by atoms with Crippen molar-refractivity contribution in [3.63, 3.8) is 0 Å². The maximum atomic E-state index is 5.82. The monoisotopic (exact) mass is 492 g/mol. The molecule has 5 heteroatoms. The van der Waals surface area contributed by atoms with E-state index >= 15 is 0 Å². The van der Waals surface area contributed by atoms with Crippen molar-refractivity contribution in [2.45, 2.75) is 5.92 Å². The van der Waals surface area contributed by atoms with Crippen molar-refractivity contribution in [1.82, 2.24) is 9.88 Å². The maximum Gasteiger partial charge on any atom is 0.217 e. The van der Waals surface area contributed by atoms with E-state index in [0.29, 0.717) is 5.88 Å². The Morgan fingerprint density at radius 3 is 2.61 bits per heavy atom. The van der Waals surface area contributed by atoms with Crippen LogP contribution < -0.4 is 4.74 Å². The molecule has 0 aliphatic rings. The van der Waals surface area contributed by atoms with Crippen LogP contribution in [0.25, 0.3) is 16.5 Å². The molecule has 158 valence electrons. The van der Waals surface area contributed by atoms with Crippen LogP contribution in [0.2, 0.25) is 0 Å². The number of hydrogen-bond donors (Lipinski definition) is 0. The van der Waals surface area contributed by atoms with Crippen LogP contribution >= 0.6 is 27.3 Å². The van der Waals surface area contributed by atoms with E-state index < -0.39 is 0 Å². The highest BCUT2D eigenvalue weighted by Gasteiger charge is 2.25. The van der Waals surface area contributed by atoms with E-state index in [1.165, 1.54) is 16.7 Å². The Hall–Kier alpha value is -2.47. The summed E-state index contributed by atoms with van der Waals surface area (Å²) in [6.07, 6.45) is 2.32. The number of likely N-dealkylation sites (N-methyl/N-ethyl adjacent to an activating group) is 1. The number of benzene rings is 2. The first-order valence-electron chi connectivity index (χ1n) is 10.1. The van der Waals surface area contributed by atoms with Crippen LogP contribution in [0.1, 0.15) is 22.6 Å². The van der Waals surface area contributed by atoms with Gasteiger partial charge in [-0.2, -0.15) is 11.3 Å². The Morgan fingerprint density at radius 2 is 1.94 bits per heavy atom. The van der Waals surface area contributed by atoms with Crippen LogP contribution in [-0.4, -0.2) is 37.6 Å². The molecule has 0 amide bonds. The highest BCUT2D eigenvalue weighted by Crippen LogP contribution is 2.42. The van der Waals surface area contributed by atoms with Gasteiger partial charge >= 0.3 is 0 Å². The van der Waals surface area contributed by atoms with Gasteiger partial charge in [0.15, 0.2) is 0 Å². The van der Waals surface area contributed by atoms with Crippen LogP contribution in [0.4, 0.5) is 0 Å². The molecule has 0 aliphatic carbocycles. The largest absolute Gasteiger partial charge is 0.481 e. The summed E-state index contributed by atoms with van der Waals surface area (Å²) in [7, 11) is 5.89. The zero-order valence-corrected chi connectivity index (χ0v) is 20.3. The van der Waals surface area contributed by atoms with Gasteiger partial charge in [-0.05, 0) is 71.9 Å². The van der Waals surface area contributed by atoms with Gasteiger partial charge in [-0.1, -0.05) is 52.3 Å². The van der Waals surface area contributed by atoms with E-state index in [4.69, 9.17) is 9.72 Å². The number of rotatable bonds is 7. The molecule has 0 aliphatic heterocycles. The number of hydrogen-bond acceptors (Lipinski definition) is 4. The third-order valence-electron chi connectivity index (χ3n) is 5.25. The lowest BCUT2D eigenvalue weighted by molar-refractivity contribution is 0.394. The standard InChI is InChI=1S/C26H25BrN2OS/c1-29(2)13-11-22(19-12-14-31-17-19)25(18-7-5-4-6-8-18)23-16-20-15-21(27)9-10-24(20)28-26(23)30-3/h4-12,14-17,25H,13H2,1-3H3/b22-11+. The zero-order chi connectivity index (χ0) is 21.8. The number of thiophene rings is 1. The number of methoxy groups -OCH3 is 1. The Labute approximate surface area is 196 Å². The van der Waals surface area contributed by atoms with Crippen LogP contribution in [0.15, 0.2) is 82.0 Å². The molecule has 1 atom stereocenters. The van der Waals surface area contributed by atoms with Crippen molar-refractivity contribution < 1.29 is 4.74 Å². The van der Waals surface area contributed by atoms with E-state index in [9.17, 15) is 0 Å². The van der Waals surface area contributed by atoms with Crippen LogP contribution in [0.5, 0.6) is 5.88 Å². The summed E-state index contributed by atoms with van der Waals surface area (Å²) in [6, 6.07) is 21.2. The van der Waals surface area contributed by atoms with Gasteiger partial charge in [0.05, 0.1) is 12.6 Å². The minimum atomic E-state index is 0.00146. The average Bonchev–Trinajstić information content (AvgIpc) is 3.31. The van der Waals surface area contributed by atoms with E-state index in [1.54, 1.807) is 18.4 Å². The summed E-state index contributed by atoms with van der Waals surface area (Å²) in [5, 5.41) is 5.44. The average molecular weight is 493 g/mol. The minimum Gasteiger partial charge on any atom is -0.481 e. The van der Waals surface area contributed by atoms with Gasteiger partial charge in [0.1, 0.15) is 0 Å². The zero-order valence-electron chi connectivity index (χ0n) is 17.9. The summed E-state index contributed by atoms with van der Waals surface area (Å²) in [5.74, 6) is 0.663. The summed E-state index contributed by atoms with van der Waals surface area (Å²) in [4.78, 5) is 7.04. The highest BCUT2D eigenvalue weighted by atomic mass is 79.9. The minimum absolute atomic E-state index is 0.00146. The van der Waals surface area contributed by atoms with Crippen molar-refractivity contribution in [3.05, 3.63) is 98.7 Å². The molecule has 0 N–H and O–H groups in total. The number of halogens is 1. The lowest BCUT2D eigenvalue weighted by atomic mass is 9.82. The fraction of sp³-hybridized carbons (Fsp3) is 0.192. The van der Waals surface area contributed by atoms with Crippen LogP contribution in [0.3, 0.4) is 0 Å². The van der Waals surface area contributed by atoms with Crippen LogP contribution in [-0.2, 0) is 0 Å². The molecule has 31 heavy (non-hydrogen) atoms. The van der Waals surface area contributed by atoms with Gasteiger partial charge in [-0.25, -0.2) is 4.98 Å². The predicted octanol–water partition coefficient (Wildman–Crippen LogP) is 6.84. The van der Waals surface area contributed by atoms with Crippen molar-refractivity contribution in [2.75, 3.05) is 27.7 Å². The van der Waals surface area contributed by atoms with E-state index in [1.807, 2.05) is 12.1 Å². The Kier molecular flexibility index (Phi) is 6.86. The van der Waals surface area contributed by atoms with Crippen molar-refractivity contribution in [3.8, 4) is 5.88 Å². The molecule has 0 spiro atoms. The molecule has 1 unspecified atom stereocenters. The topological polar surface area (TPSA) is 25.4 Å². The lowest BCUT2D eigenvalue weighted by Gasteiger charge is -2.24. The maximum absolute atomic E-state index is 5.82. The Bertz CT molecular complexity index is 1190. The normalized spacial score (nSPS) is 13.0. The molecule has 0 saturated carbocycles. The summed E-state index contributed by atoms with van der Waals surface area (Å²) in [5.41, 5.74) is 5.70. The van der Waals surface area contributed by atoms with Gasteiger partial charge in [0.25, 0.3) is 0 Å². The molecule has 2 heterocycles. The SMILES string of the molecule is COc1nc2ccc(Br)cc2cc1C(/C(=C/CN(C)C)c1ccsc1)c1ccccc1. The summed E-state index contributed by atoms with van der Waals surface area (Å²) >= 11 is 5.32. The quantitative estimate of drug-likeness (QED) is 0.282. The Balaban J connectivity index is 1.98. The lowest BCUT2D eigenvalue weighted by Crippen LogP contribution is -2.13. The Morgan fingerprint density at radius 1 is 1.13 bits per heavy atom. The second kappa shape index (κ2) is 9.77. The van der Waals surface area contributed by atoms with Crippen molar-refractivity contribution >= 4 is 43.7 Å². The first-order valence-corrected chi connectivity index (χ1v) is 11.9. The second-order valence-electron chi connectivity index (χ2n) is 7.70. The van der Waals surface area contributed by atoms with Gasteiger partial charge in [-0.15, -0.1) is 0 Å². The van der Waals surface area contributed by atoms with Gasteiger partial charge in [-0.3, -0.25) is 0 Å². The van der Waals surface area contributed by atoms with E-state index in [-0.39, 0.29) is 5.92 Å². The smallest absolute Gasteiger partial charge is 0.217 e. The molecule has 0 saturated heterocycles. The van der Waals surface area contributed by atoms with Crippen molar-refractivity contribution in [2.24, 2.45) is 0 Å². The van der Waals surface area contributed by atoms with Crippen LogP contribution in [0, 0.1) is 0 Å². The molecule has 3 nitrogen and oxygen atoms in total. The summed E-state index contributed by atoms with van der Waals surface area (Å²) < 4.78 is 6.86. The van der Waals surface area contributed by atoms with Gasteiger partial charge < -0.3 is 9.64 Å². The number of aromatic nitrogens is 1. The number of fused-ring (bicyclic) bond motifs is 1. The number of ether oxygens (including phenoxy) is 1. The van der Waals surface area contributed by atoms with E-state index in [0.717, 1.165) is 27.5 Å². The number of nitrogens with zero attached hydrogens (tertiary/aromatic N) is 2. The molecule has 0 radical (unpaired) electrons. The highest BCUT2D eigenvalue weighted by molar-refractivity contribution is 9.10. The third kappa shape index (κ3) is 4.90. The van der Waals surface area contributed by atoms with E-state index in [2.05, 4.69) is 100 Å². The molecular formula is C26H25BrN2OS. The third-order valence-corrected chi connectivity index (χ3v) is 6.43. The summed E-state index contributed by atoms with van der Waals surface area (Å²) in [6.45, 7) is 0.851. The molecular weight excluding hydrogens is 468 g/mol. The fourth-order valence-corrected chi connectivity index (χ4v) is 4.84. The first-order chi connectivity index (χ1) is 15.1. The predicted molar refractivity (Wildman–Crippen MR) is 135 cm³/mol. The molecule has 2 aromatic carbocycles. The fourth-order valence-electron chi connectivity index (χ4n) is 3.80. The first kappa shape index (κ1) is 21.8. The van der Waals surface area contributed by atoms with Gasteiger partial charge in [0.2, 0.25) is 5.88 Å². The molecule has 0 bridgehead atoms. The molecule has 4 aromatic rings. The number of allylic oxidation sites excluding steroid dienone is 1. The van der Waals surface area contributed by atoms with Gasteiger partial charge in [0, 0.05) is 27.9 Å². The van der Waals surface area contributed by atoms with Crippen molar-refractivity contribution in [1.29, 1.82) is 0 Å². The number of pyridine rings is 1. The molecule has 0 fully saturated rings. The second-order valence-corrected chi connectivity index (χ2v) is 9.40. The molecule has 2 aromatic heterocycles. The molecule has 4 rings (SSSR count).